The third-order valence-electron chi connectivity index (χ3n) is 7.10. The predicted molar refractivity (Wildman–Crippen MR) is 126 cm³/mol. The summed E-state index contributed by atoms with van der Waals surface area (Å²) < 4.78 is 11.2. The molecule has 2 atom stereocenters. The molecule has 0 radical (unpaired) electrons. The molecular weight excluding hydrogens is 414 g/mol. The van der Waals surface area contributed by atoms with Crippen LogP contribution in [0.5, 0.6) is 0 Å². The van der Waals surface area contributed by atoms with Gasteiger partial charge in [-0.05, 0) is 72.6 Å². The number of nitrogens with zero attached hydrogens (tertiary/aromatic N) is 3. The zero-order chi connectivity index (χ0) is 22.8. The van der Waals surface area contributed by atoms with Crippen molar-refractivity contribution in [2.45, 2.75) is 46.1 Å². The molecule has 4 aromatic rings. The molecule has 2 aliphatic rings. The van der Waals surface area contributed by atoms with Crippen LogP contribution in [0.3, 0.4) is 0 Å². The van der Waals surface area contributed by atoms with Crippen molar-refractivity contribution in [2.24, 2.45) is 10.8 Å². The van der Waals surface area contributed by atoms with Gasteiger partial charge in [-0.15, -0.1) is 0 Å². The minimum absolute atomic E-state index is 0.0831. The number of carbonyl (C=O) groups is 1. The molecule has 168 valence electrons. The molecule has 1 aromatic carbocycles. The molecule has 1 amide bonds. The number of furan rings is 2. The molecule has 2 bridgehead atoms. The Morgan fingerprint density at radius 1 is 0.939 bits per heavy atom. The first-order chi connectivity index (χ1) is 15.8. The second-order valence-corrected chi connectivity index (χ2v) is 10.7. The van der Waals surface area contributed by atoms with Crippen LogP contribution in [0.1, 0.15) is 50.4 Å². The van der Waals surface area contributed by atoms with Gasteiger partial charge in [0.25, 0.3) is 5.91 Å². The molecule has 0 spiro atoms. The fourth-order valence-electron chi connectivity index (χ4n) is 6.22. The van der Waals surface area contributed by atoms with E-state index in [2.05, 4.69) is 25.7 Å². The molecule has 6 rings (SSSR count). The molecule has 1 saturated heterocycles. The summed E-state index contributed by atoms with van der Waals surface area (Å²) in [6, 6.07) is 13.3. The van der Waals surface area contributed by atoms with Crippen molar-refractivity contribution < 1.29 is 13.6 Å². The number of likely N-dealkylation sites (tertiary alicyclic amines) is 1. The number of hydrogen-bond acceptors (Lipinski definition) is 5. The highest BCUT2D eigenvalue weighted by molar-refractivity contribution is 5.98. The van der Waals surface area contributed by atoms with Crippen molar-refractivity contribution in [1.29, 1.82) is 0 Å². The maximum absolute atomic E-state index is 13.6. The standard InChI is InChI=1S/C27H27N3O3/c1-26(2)13-18-14-27(3,15-26)16-30(18)25(31)17-8-9-19-20(12-17)29-24(22-7-5-11-33-22)23(28-19)21-6-4-10-32-21/h4-12,18H,13-16H2,1-3H3. The highest BCUT2D eigenvalue weighted by Crippen LogP contribution is 2.52. The summed E-state index contributed by atoms with van der Waals surface area (Å²) in [6.45, 7) is 7.79. The summed E-state index contributed by atoms with van der Waals surface area (Å²) in [5, 5.41) is 0. The predicted octanol–water partition coefficient (Wildman–Crippen LogP) is 6.19. The Kier molecular flexibility index (Phi) is 4.31. The maximum atomic E-state index is 13.6. The highest BCUT2D eigenvalue weighted by atomic mass is 16.3. The SMILES string of the molecule is CC1(C)CC2CC(C)(CN2C(=O)c2ccc3nc(-c4ccco4)c(-c4ccco4)nc3c2)C1. The van der Waals surface area contributed by atoms with E-state index in [1.165, 1.54) is 0 Å². The van der Waals surface area contributed by atoms with Gasteiger partial charge in [0.2, 0.25) is 0 Å². The van der Waals surface area contributed by atoms with Gasteiger partial charge in [-0.1, -0.05) is 20.8 Å². The minimum atomic E-state index is 0.0831. The number of fused-ring (bicyclic) bond motifs is 3. The van der Waals surface area contributed by atoms with Gasteiger partial charge in [0.1, 0.15) is 11.4 Å². The van der Waals surface area contributed by atoms with E-state index in [1.807, 2.05) is 42.5 Å². The lowest BCUT2D eigenvalue weighted by Gasteiger charge is -2.39. The lowest BCUT2D eigenvalue weighted by atomic mass is 9.65. The zero-order valence-electron chi connectivity index (χ0n) is 19.2. The molecular formula is C27H27N3O3. The third-order valence-corrected chi connectivity index (χ3v) is 7.10. The summed E-state index contributed by atoms with van der Waals surface area (Å²) in [7, 11) is 0. The van der Waals surface area contributed by atoms with Crippen molar-refractivity contribution in [3.8, 4) is 22.9 Å². The van der Waals surface area contributed by atoms with Crippen molar-refractivity contribution in [3.63, 3.8) is 0 Å². The highest BCUT2D eigenvalue weighted by Gasteiger charge is 2.51. The van der Waals surface area contributed by atoms with Gasteiger partial charge in [-0.25, -0.2) is 9.97 Å². The van der Waals surface area contributed by atoms with Crippen LogP contribution in [0.4, 0.5) is 0 Å². The summed E-state index contributed by atoms with van der Waals surface area (Å²) in [5.41, 5.74) is 3.70. The van der Waals surface area contributed by atoms with Gasteiger partial charge in [0.15, 0.2) is 11.5 Å². The van der Waals surface area contributed by atoms with Gasteiger partial charge in [-0.2, -0.15) is 0 Å². The number of amides is 1. The average molecular weight is 442 g/mol. The largest absolute Gasteiger partial charge is 0.463 e. The van der Waals surface area contributed by atoms with Crippen LogP contribution in [-0.4, -0.2) is 33.4 Å². The first kappa shape index (κ1) is 20.2. The Balaban J connectivity index is 1.40. The molecule has 1 aliphatic carbocycles. The normalized spacial score (nSPS) is 23.8. The van der Waals surface area contributed by atoms with E-state index >= 15 is 0 Å². The monoisotopic (exact) mass is 441 g/mol. The third kappa shape index (κ3) is 3.45. The summed E-state index contributed by atoms with van der Waals surface area (Å²) in [6.07, 6.45) is 6.52. The van der Waals surface area contributed by atoms with E-state index in [9.17, 15) is 4.79 Å². The topological polar surface area (TPSA) is 72.4 Å². The second-order valence-electron chi connectivity index (χ2n) is 10.7. The van der Waals surface area contributed by atoms with Crippen LogP contribution < -0.4 is 0 Å². The molecule has 6 heteroatoms. The van der Waals surface area contributed by atoms with Gasteiger partial charge < -0.3 is 13.7 Å². The Labute approximate surface area is 192 Å². The molecule has 1 saturated carbocycles. The molecule has 3 aromatic heterocycles. The van der Waals surface area contributed by atoms with Crippen molar-refractivity contribution >= 4 is 16.9 Å². The summed E-state index contributed by atoms with van der Waals surface area (Å²) in [5.74, 6) is 1.31. The smallest absolute Gasteiger partial charge is 0.254 e. The Hall–Kier alpha value is -3.41. The fraction of sp³-hybridized carbons (Fsp3) is 0.370. The molecule has 33 heavy (non-hydrogen) atoms. The van der Waals surface area contributed by atoms with Crippen molar-refractivity contribution in [2.75, 3.05) is 6.54 Å². The zero-order valence-corrected chi connectivity index (χ0v) is 19.2. The summed E-state index contributed by atoms with van der Waals surface area (Å²) in [4.78, 5) is 25.4. The quantitative estimate of drug-likeness (QED) is 0.379. The molecule has 2 fully saturated rings. The number of carbonyl (C=O) groups excluding carboxylic acids is 1. The van der Waals surface area contributed by atoms with Crippen molar-refractivity contribution in [3.05, 3.63) is 60.6 Å². The first-order valence-corrected chi connectivity index (χ1v) is 11.5. The van der Waals surface area contributed by atoms with Gasteiger partial charge in [0.05, 0.1) is 23.6 Å². The minimum Gasteiger partial charge on any atom is -0.463 e. The molecule has 4 heterocycles. The van der Waals surface area contributed by atoms with Crippen LogP contribution in [0.15, 0.2) is 63.8 Å². The number of benzene rings is 1. The maximum Gasteiger partial charge on any atom is 0.254 e. The van der Waals surface area contributed by atoms with E-state index in [0.717, 1.165) is 25.8 Å². The summed E-state index contributed by atoms with van der Waals surface area (Å²) >= 11 is 0. The average Bonchev–Trinajstić information content (AvgIpc) is 3.52. The van der Waals surface area contributed by atoms with Crippen LogP contribution in [0, 0.1) is 10.8 Å². The van der Waals surface area contributed by atoms with E-state index in [0.29, 0.717) is 45.5 Å². The number of rotatable bonds is 3. The Morgan fingerprint density at radius 3 is 2.24 bits per heavy atom. The van der Waals surface area contributed by atoms with Gasteiger partial charge >= 0.3 is 0 Å². The number of aromatic nitrogens is 2. The van der Waals surface area contributed by atoms with Crippen molar-refractivity contribution in [1.82, 2.24) is 14.9 Å². The Bertz CT molecular complexity index is 1340. The van der Waals surface area contributed by atoms with Crippen LogP contribution in [0.25, 0.3) is 33.9 Å². The van der Waals surface area contributed by atoms with Gasteiger partial charge in [0, 0.05) is 18.2 Å². The first-order valence-electron chi connectivity index (χ1n) is 11.5. The second kappa shape index (κ2) is 7.04. The van der Waals surface area contributed by atoms with E-state index in [4.69, 9.17) is 18.8 Å². The van der Waals surface area contributed by atoms with E-state index < -0.39 is 0 Å². The lowest BCUT2D eigenvalue weighted by molar-refractivity contribution is 0.0708. The van der Waals surface area contributed by atoms with E-state index in [-0.39, 0.29) is 16.7 Å². The lowest BCUT2D eigenvalue weighted by Crippen LogP contribution is -2.37. The Morgan fingerprint density at radius 2 is 1.61 bits per heavy atom. The van der Waals surface area contributed by atoms with Gasteiger partial charge in [-0.3, -0.25) is 4.79 Å². The van der Waals surface area contributed by atoms with E-state index in [1.54, 1.807) is 12.5 Å². The number of hydrogen-bond donors (Lipinski definition) is 0. The molecule has 2 unspecified atom stereocenters. The molecule has 1 aliphatic heterocycles. The van der Waals surface area contributed by atoms with Crippen LogP contribution in [0.2, 0.25) is 0 Å². The van der Waals surface area contributed by atoms with Crippen LogP contribution >= 0.6 is 0 Å². The fourth-order valence-corrected chi connectivity index (χ4v) is 6.22. The molecule has 6 nitrogen and oxygen atoms in total. The molecule has 0 N–H and O–H groups in total. The van der Waals surface area contributed by atoms with Crippen LogP contribution in [-0.2, 0) is 0 Å².